The van der Waals surface area contributed by atoms with Gasteiger partial charge in [0.05, 0.1) is 17.3 Å². The molecule has 0 radical (unpaired) electrons. The molecule has 2 aromatic rings. The molecule has 0 saturated carbocycles. The second-order valence-corrected chi connectivity index (χ2v) is 5.92. The number of aromatic nitrogens is 2. The standard InChI is InChI=1S/C14H14Br2N2O2/c1-3-4-10-12(16)14(19)18-13(17-10)8-5-6-11(20-2)9(15)7-8/h5-7H,3-4H2,1-2H3,(H,17,18,19). The first-order valence-electron chi connectivity index (χ1n) is 6.19. The van der Waals surface area contributed by atoms with Gasteiger partial charge in [0.15, 0.2) is 0 Å². The van der Waals surface area contributed by atoms with Crippen LogP contribution in [0.5, 0.6) is 5.75 Å². The van der Waals surface area contributed by atoms with Crippen molar-refractivity contribution < 1.29 is 4.74 Å². The summed E-state index contributed by atoms with van der Waals surface area (Å²) in [5.41, 5.74) is 1.45. The highest BCUT2D eigenvalue weighted by Gasteiger charge is 2.11. The summed E-state index contributed by atoms with van der Waals surface area (Å²) in [4.78, 5) is 19.2. The predicted molar refractivity (Wildman–Crippen MR) is 86.2 cm³/mol. The zero-order valence-corrected chi connectivity index (χ0v) is 14.3. The summed E-state index contributed by atoms with van der Waals surface area (Å²) >= 11 is 6.72. The van der Waals surface area contributed by atoms with Gasteiger partial charge in [-0.15, -0.1) is 0 Å². The van der Waals surface area contributed by atoms with E-state index in [1.165, 1.54) is 0 Å². The fraction of sp³-hybridized carbons (Fsp3) is 0.286. The quantitative estimate of drug-likeness (QED) is 0.844. The van der Waals surface area contributed by atoms with Crippen LogP contribution in [0.15, 0.2) is 31.9 Å². The van der Waals surface area contributed by atoms with Crippen LogP contribution in [0.4, 0.5) is 0 Å². The monoisotopic (exact) mass is 400 g/mol. The van der Waals surface area contributed by atoms with Gasteiger partial charge < -0.3 is 9.72 Å². The average molecular weight is 402 g/mol. The zero-order chi connectivity index (χ0) is 14.7. The molecule has 2 rings (SSSR count). The number of H-pyrrole nitrogens is 1. The number of benzene rings is 1. The molecule has 0 spiro atoms. The lowest BCUT2D eigenvalue weighted by Crippen LogP contribution is -2.13. The Balaban J connectivity index is 2.52. The minimum Gasteiger partial charge on any atom is -0.496 e. The van der Waals surface area contributed by atoms with Crippen molar-refractivity contribution in [3.8, 4) is 17.1 Å². The highest BCUT2D eigenvalue weighted by atomic mass is 79.9. The minimum absolute atomic E-state index is 0.162. The Labute approximate surface area is 133 Å². The third-order valence-corrected chi connectivity index (χ3v) is 4.28. The second-order valence-electron chi connectivity index (χ2n) is 4.27. The van der Waals surface area contributed by atoms with Crippen molar-refractivity contribution >= 4 is 31.9 Å². The van der Waals surface area contributed by atoms with Gasteiger partial charge in [-0.05, 0) is 56.5 Å². The maximum atomic E-state index is 11.9. The van der Waals surface area contributed by atoms with Crippen molar-refractivity contribution in [2.24, 2.45) is 0 Å². The van der Waals surface area contributed by atoms with E-state index >= 15 is 0 Å². The molecule has 0 fully saturated rings. The number of methoxy groups -OCH3 is 1. The van der Waals surface area contributed by atoms with Crippen LogP contribution in [0.25, 0.3) is 11.4 Å². The fourth-order valence-electron chi connectivity index (χ4n) is 1.86. The Kier molecular flexibility index (Phi) is 4.99. The van der Waals surface area contributed by atoms with Gasteiger partial charge in [0.1, 0.15) is 16.0 Å². The van der Waals surface area contributed by atoms with Crippen molar-refractivity contribution in [2.45, 2.75) is 19.8 Å². The van der Waals surface area contributed by atoms with E-state index < -0.39 is 0 Å². The normalized spacial score (nSPS) is 10.6. The summed E-state index contributed by atoms with van der Waals surface area (Å²) in [5, 5.41) is 0. The molecule has 0 aliphatic carbocycles. The van der Waals surface area contributed by atoms with Crippen LogP contribution in [0.2, 0.25) is 0 Å². The highest BCUT2D eigenvalue weighted by molar-refractivity contribution is 9.10. The topological polar surface area (TPSA) is 55.0 Å². The first kappa shape index (κ1) is 15.3. The lowest BCUT2D eigenvalue weighted by Gasteiger charge is -2.08. The Bertz CT molecular complexity index is 683. The van der Waals surface area contributed by atoms with Gasteiger partial charge in [-0.1, -0.05) is 13.3 Å². The van der Waals surface area contributed by atoms with Crippen LogP contribution >= 0.6 is 31.9 Å². The molecule has 0 atom stereocenters. The summed E-state index contributed by atoms with van der Waals surface area (Å²) in [5.74, 6) is 1.30. The first-order chi connectivity index (χ1) is 9.56. The molecule has 1 N–H and O–H groups in total. The van der Waals surface area contributed by atoms with Gasteiger partial charge in [0, 0.05) is 5.56 Å². The number of halogens is 2. The average Bonchev–Trinajstić information content (AvgIpc) is 2.43. The summed E-state index contributed by atoms with van der Waals surface area (Å²) in [7, 11) is 1.61. The lowest BCUT2D eigenvalue weighted by atomic mass is 10.2. The van der Waals surface area contributed by atoms with E-state index in [-0.39, 0.29) is 5.56 Å². The molecule has 1 aromatic carbocycles. The molecular weight excluding hydrogens is 388 g/mol. The number of aromatic amines is 1. The molecule has 0 bridgehead atoms. The van der Waals surface area contributed by atoms with Gasteiger partial charge in [-0.2, -0.15) is 0 Å². The van der Waals surface area contributed by atoms with Gasteiger partial charge in [-0.3, -0.25) is 4.79 Å². The van der Waals surface area contributed by atoms with Crippen LogP contribution in [0, 0.1) is 0 Å². The highest BCUT2D eigenvalue weighted by Crippen LogP contribution is 2.29. The van der Waals surface area contributed by atoms with Gasteiger partial charge in [-0.25, -0.2) is 4.98 Å². The number of nitrogens with one attached hydrogen (secondary N) is 1. The van der Waals surface area contributed by atoms with E-state index in [9.17, 15) is 4.79 Å². The fourth-order valence-corrected chi connectivity index (χ4v) is 2.78. The summed E-state index contributed by atoms with van der Waals surface area (Å²) in [6.45, 7) is 2.05. The Morgan fingerprint density at radius 2 is 2.10 bits per heavy atom. The van der Waals surface area contributed by atoms with E-state index in [1.54, 1.807) is 7.11 Å². The van der Waals surface area contributed by atoms with Crippen molar-refractivity contribution in [1.29, 1.82) is 0 Å². The maximum absolute atomic E-state index is 11.9. The number of nitrogens with zero attached hydrogens (tertiary/aromatic N) is 1. The molecule has 1 heterocycles. The van der Waals surface area contributed by atoms with Crippen molar-refractivity contribution in [1.82, 2.24) is 9.97 Å². The van der Waals surface area contributed by atoms with Crippen LogP contribution < -0.4 is 10.3 Å². The molecule has 6 heteroatoms. The Hall–Kier alpha value is -1.14. The van der Waals surface area contributed by atoms with Gasteiger partial charge in [0.2, 0.25) is 0 Å². The molecule has 106 valence electrons. The van der Waals surface area contributed by atoms with E-state index in [1.807, 2.05) is 18.2 Å². The first-order valence-corrected chi connectivity index (χ1v) is 7.78. The van der Waals surface area contributed by atoms with Gasteiger partial charge in [0.25, 0.3) is 5.56 Å². The third kappa shape index (κ3) is 3.12. The summed E-state index contributed by atoms with van der Waals surface area (Å²) in [6, 6.07) is 5.58. The molecule has 0 amide bonds. The van der Waals surface area contributed by atoms with Gasteiger partial charge >= 0.3 is 0 Å². The van der Waals surface area contributed by atoms with E-state index in [2.05, 4.69) is 48.8 Å². The molecule has 0 aliphatic heterocycles. The number of hydrogen-bond acceptors (Lipinski definition) is 3. The summed E-state index contributed by atoms with van der Waals surface area (Å²) < 4.78 is 6.52. The van der Waals surface area contributed by atoms with Crippen molar-refractivity contribution in [3.05, 3.63) is 43.2 Å². The lowest BCUT2D eigenvalue weighted by molar-refractivity contribution is 0.412. The number of rotatable bonds is 4. The second kappa shape index (κ2) is 6.54. The molecule has 0 aliphatic rings. The third-order valence-electron chi connectivity index (χ3n) is 2.84. The SMILES string of the molecule is CCCc1nc(-c2ccc(OC)c(Br)c2)[nH]c(=O)c1Br. The van der Waals surface area contributed by atoms with Crippen LogP contribution in [0.3, 0.4) is 0 Å². The van der Waals surface area contributed by atoms with E-state index in [0.717, 1.165) is 34.3 Å². The summed E-state index contributed by atoms with van der Waals surface area (Å²) in [6.07, 6.45) is 1.69. The van der Waals surface area contributed by atoms with Crippen LogP contribution in [0.1, 0.15) is 19.0 Å². The predicted octanol–water partition coefficient (Wildman–Crippen LogP) is 3.92. The van der Waals surface area contributed by atoms with Crippen LogP contribution in [-0.4, -0.2) is 17.1 Å². The number of hydrogen-bond donors (Lipinski definition) is 1. The Morgan fingerprint density at radius 3 is 2.70 bits per heavy atom. The number of aryl methyl sites for hydroxylation is 1. The minimum atomic E-state index is -0.162. The van der Waals surface area contributed by atoms with E-state index in [4.69, 9.17) is 4.74 Å². The van der Waals surface area contributed by atoms with E-state index in [0.29, 0.717) is 10.3 Å². The smallest absolute Gasteiger partial charge is 0.265 e. The molecule has 0 saturated heterocycles. The molecule has 1 aromatic heterocycles. The van der Waals surface area contributed by atoms with Crippen LogP contribution in [-0.2, 0) is 6.42 Å². The maximum Gasteiger partial charge on any atom is 0.265 e. The molecule has 20 heavy (non-hydrogen) atoms. The van der Waals surface area contributed by atoms with Crippen molar-refractivity contribution in [2.75, 3.05) is 7.11 Å². The zero-order valence-electron chi connectivity index (χ0n) is 11.2. The molecule has 4 nitrogen and oxygen atoms in total. The molecule has 0 unspecified atom stereocenters. The largest absolute Gasteiger partial charge is 0.496 e. The van der Waals surface area contributed by atoms with Crippen molar-refractivity contribution in [3.63, 3.8) is 0 Å². The molecular formula is C14H14Br2N2O2. The Morgan fingerprint density at radius 1 is 1.35 bits per heavy atom. The number of ether oxygens (including phenoxy) is 1.